The van der Waals surface area contributed by atoms with Crippen LogP contribution in [0.5, 0.6) is 0 Å². The number of rotatable bonds is 8. The molecule has 0 aromatic carbocycles. The van der Waals surface area contributed by atoms with Crippen molar-refractivity contribution in [3.05, 3.63) is 0 Å². The number of carbonyl (C=O) groups is 3. The highest BCUT2D eigenvalue weighted by Gasteiger charge is 2.26. The molecule has 3 amide bonds. The van der Waals surface area contributed by atoms with E-state index in [-0.39, 0.29) is 24.8 Å². The lowest BCUT2D eigenvalue weighted by Gasteiger charge is -2.31. The molecule has 19 heavy (non-hydrogen) atoms. The number of hydrogen-bond donors (Lipinski definition) is 3. The lowest BCUT2D eigenvalue weighted by Crippen LogP contribution is -2.52. The molecular weight excluding hydrogens is 248 g/mol. The summed E-state index contributed by atoms with van der Waals surface area (Å²) in [5.74, 6) is -1.39. The lowest BCUT2D eigenvalue weighted by atomic mass is 9.90. The molecule has 0 unspecified atom stereocenters. The van der Waals surface area contributed by atoms with Gasteiger partial charge in [-0.05, 0) is 25.7 Å². The Morgan fingerprint density at radius 1 is 1.00 bits per heavy atom. The van der Waals surface area contributed by atoms with Gasteiger partial charge in [0.15, 0.2) is 0 Å². The Hall–Kier alpha value is -1.59. The van der Waals surface area contributed by atoms with Gasteiger partial charge in [-0.25, -0.2) is 4.79 Å². The summed E-state index contributed by atoms with van der Waals surface area (Å²) in [6.45, 7) is 5.96. The van der Waals surface area contributed by atoms with Crippen LogP contribution in [-0.4, -0.2) is 28.6 Å². The van der Waals surface area contributed by atoms with Gasteiger partial charge in [-0.1, -0.05) is 20.8 Å². The zero-order valence-electron chi connectivity index (χ0n) is 11.9. The molecule has 0 radical (unpaired) electrons. The highest BCUT2D eigenvalue weighted by atomic mass is 16.4. The van der Waals surface area contributed by atoms with E-state index in [1.54, 1.807) is 0 Å². The van der Waals surface area contributed by atoms with Gasteiger partial charge in [-0.15, -0.1) is 0 Å². The van der Waals surface area contributed by atoms with Gasteiger partial charge in [0.05, 0.1) is 0 Å². The van der Waals surface area contributed by atoms with Crippen molar-refractivity contribution in [1.29, 1.82) is 0 Å². The summed E-state index contributed by atoms with van der Waals surface area (Å²) in [6, 6.07) is -0.508. The number of carbonyl (C=O) groups excluding carboxylic acids is 2. The van der Waals surface area contributed by atoms with E-state index in [0.717, 1.165) is 19.3 Å². The lowest BCUT2D eigenvalue weighted by molar-refractivity contribution is -0.137. The van der Waals surface area contributed by atoms with E-state index in [4.69, 9.17) is 5.11 Å². The van der Waals surface area contributed by atoms with Crippen LogP contribution in [0.25, 0.3) is 0 Å². The number of urea groups is 1. The van der Waals surface area contributed by atoms with Crippen molar-refractivity contribution < 1.29 is 19.5 Å². The van der Waals surface area contributed by atoms with Crippen LogP contribution in [0.4, 0.5) is 4.79 Å². The molecule has 110 valence electrons. The minimum absolute atomic E-state index is 0.0388. The normalized spacial score (nSPS) is 10.9. The largest absolute Gasteiger partial charge is 0.481 e. The molecule has 0 bridgehead atoms. The Kier molecular flexibility index (Phi) is 7.79. The third kappa shape index (κ3) is 6.79. The number of imide groups is 1. The topological polar surface area (TPSA) is 95.5 Å². The van der Waals surface area contributed by atoms with E-state index >= 15 is 0 Å². The molecule has 0 aliphatic heterocycles. The van der Waals surface area contributed by atoms with Crippen LogP contribution < -0.4 is 10.6 Å². The van der Waals surface area contributed by atoms with Gasteiger partial charge in [0, 0.05) is 18.4 Å². The van der Waals surface area contributed by atoms with Crippen LogP contribution in [0, 0.1) is 0 Å². The molecule has 0 aliphatic carbocycles. The SMILES string of the molecule is CCC(CC)(CC)NC(=O)NC(=O)CCCC(=O)O. The predicted octanol–water partition coefficient (Wildman–Crippen LogP) is 2.04. The number of amides is 3. The van der Waals surface area contributed by atoms with Crippen molar-refractivity contribution in [3.63, 3.8) is 0 Å². The smallest absolute Gasteiger partial charge is 0.321 e. The van der Waals surface area contributed by atoms with Crippen molar-refractivity contribution in [3.8, 4) is 0 Å². The highest BCUT2D eigenvalue weighted by Crippen LogP contribution is 2.18. The third-order valence-electron chi connectivity index (χ3n) is 3.46. The average Bonchev–Trinajstić information content (AvgIpc) is 2.35. The molecule has 0 heterocycles. The maximum Gasteiger partial charge on any atom is 0.321 e. The van der Waals surface area contributed by atoms with Crippen molar-refractivity contribution in [1.82, 2.24) is 10.6 Å². The van der Waals surface area contributed by atoms with E-state index in [0.29, 0.717) is 0 Å². The molecule has 0 atom stereocenters. The number of carboxylic acids is 1. The first-order chi connectivity index (χ1) is 8.89. The van der Waals surface area contributed by atoms with E-state index in [1.807, 2.05) is 20.8 Å². The summed E-state index contributed by atoms with van der Waals surface area (Å²) in [5.41, 5.74) is -0.286. The molecule has 0 aromatic heterocycles. The maximum absolute atomic E-state index is 11.7. The summed E-state index contributed by atoms with van der Waals surface area (Å²) in [7, 11) is 0. The van der Waals surface area contributed by atoms with E-state index < -0.39 is 17.9 Å². The zero-order chi connectivity index (χ0) is 14.9. The molecule has 0 rings (SSSR count). The Labute approximate surface area is 113 Å². The predicted molar refractivity (Wildman–Crippen MR) is 71.8 cm³/mol. The van der Waals surface area contributed by atoms with Gasteiger partial charge in [-0.2, -0.15) is 0 Å². The van der Waals surface area contributed by atoms with Gasteiger partial charge in [-0.3, -0.25) is 14.9 Å². The van der Waals surface area contributed by atoms with Crippen LogP contribution in [0.2, 0.25) is 0 Å². The maximum atomic E-state index is 11.7. The minimum atomic E-state index is -0.945. The van der Waals surface area contributed by atoms with Crippen molar-refractivity contribution in [2.45, 2.75) is 64.8 Å². The fraction of sp³-hybridized carbons (Fsp3) is 0.769. The van der Waals surface area contributed by atoms with Crippen LogP contribution in [-0.2, 0) is 9.59 Å². The van der Waals surface area contributed by atoms with Crippen molar-refractivity contribution in [2.75, 3.05) is 0 Å². The molecular formula is C13H24N2O4. The standard InChI is InChI=1S/C13H24N2O4/c1-4-13(5-2,6-3)15-12(19)14-10(16)8-7-9-11(17)18/h4-9H2,1-3H3,(H,17,18)(H2,14,15,16,19). The van der Waals surface area contributed by atoms with Crippen molar-refractivity contribution >= 4 is 17.9 Å². The van der Waals surface area contributed by atoms with Gasteiger partial charge >= 0.3 is 12.0 Å². The van der Waals surface area contributed by atoms with Gasteiger partial charge in [0.25, 0.3) is 0 Å². The number of nitrogens with one attached hydrogen (secondary N) is 2. The summed E-state index contributed by atoms with van der Waals surface area (Å²) in [6.07, 6.45) is 2.58. The molecule has 0 spiro atoms. The second-order valence-electron chi connectivity index (χ2n) is 4.59. The molecule has 0 aliphatic rings. The number of carboxylic acid groups (broad SMARTS) is 1. The van der Waals surface area contributed by atoms with Gasteiger partial charge in [0.2, 0.25) is 5.91 Å². The number of hydrogen-bond acceptors (Lipinski definition) is 3. The summed E-state index contributed by atoms with van der Waals surface area (Å²) in [5, 5.41) is 13.5. The van der Waals surface area contributed by atoms with Crippen LogP contribution in [0.3, 0.4) is 0 Å². The molecule has 0 saturated carbocycles. The fourth-order valence-electron chi connectivity index (χ4n) is 1.88. The van der Waals surface area contributed by atoms with E-state index in [9.17, 15) is 14.4 Å². The monoisotopic (exact) mass is 272 g/mol. The van der Waals surface area contributed by atoms with Crippen LogP contribution >= 0.6 is 0 Å². The van der Waals surface area contributed by atoms with E-state index in [1.165, 1.54) is 0 Å². The highest BCUT2D eigenvalue weighted by molar-refractivity contribution is 5.94. The molecule has 6 nitrogen and oxygen atoms in total. The first kappa shape index (κ1) is 17.4. The van der Waals surface area contributed by atoms with E-state index in [2.05, 4.69) is 10.6 Å². The summed E-state index contributed by atoms with van der Waals surface area (Å²) in [4.78, 5) is 33.4. The molecule has 0 aromatic rings. The Bertz CT molecular complexity index is 316. The van der Waals surface area contributed by atoms with Crippen LogP contribution in [0.1, 0.15) is 59.3 Å². The average molecular weight is 272 g/mol. The zero-order valence-corrected chi connectivity index (χ0v) is 11.9. The first-order valence-electron chi connectivity index (χ1n) is 6.73. The second kappa shape index (κ2) is 8.50. The molecule has 0 saturated heterocycles. The summed E-state index contributed by atoms with van der Waals surface area (Å²) >= 11 is 0. The molecule has 0 fully saturated rings. The minimum Gasteiger partial charge on any atom is -0.481 e. The Balaban J connectivity index is 4.15. The Morgan fingerprint density at radius 3 is 1.95 bits per heavy atom. The van der Waals surface area contributed by atoms with Crippen molar-refractivity contribution in [2.24, 2.45) is 0 Å². The first-order valence-corrected chi connectivity index (χ1v) is 6.73. The molecule has 3 N–H and O–H groups in total. The van der Waals surface area contributed by atoms with Gasteiger partial charge in [0.1, 0.15) is 0 Å². The third-order valence-corrected chi connectivity index (χ3v) is 3.46. The Morgan fingerprint density at radius 2 is 1.53 bits per heavy atom. The fourth-order valence-corrected chi connectivity index (χ4v) is 1.88. The summed E-state index contributed by atoms with van der Waals surface area (Å²) < 4.78 is 0. The molecule has 6 heteroatoms. The van der Waals surface area contributed by atoms with Crippen LogP contribution in [0.15, 0.2) is 0 Å². The number of aliphatic carboxylic acids is 1. The van der Waals surface area contributed by atoms with Gasteiger partial charge < -0.3 is 10.4 Å². The quantitative estimate of drug-likeness (QED) is 0.630. The second-order valence-corrected chi connectivity index (χ2v) is 4.59.